The van der Waals surface area contributed by atoms with Crippen molar-refractivity contribution in [2.75, 3.05) is 11.9 Å². The van der Waals surface area contributed by atoms with Crippen LogP contribution in [0.25, 0.3) is 0 Å². The van der Waals surface area contributed by atoms with Gasteiger partial charge in [-0.1, -0.05) is 6.92 Å². The van der Waals surface area contributed by atoms with Gasteiger partial charge in [0.2, 0.25) is 0 Å². The molecule has 0 bridgehead atoms. The van der Waals surface area contributed by atoms with Crippen LogP contribution >= 0.6 is 0 Å². The summed E-state index contributed by atoms with van der Waals surface area (Å²) in [6.07, 6.45) is 5.78. The summed E-state index contributed by atoms with van der Waals surface area (Å²) in [6.45, 7) is 4.98. The average molecular weight is 290 g/mol. The summed E-state index contributed by atoms with van der Waals surface area (Å²) in [6, 6.07) is 0.179. The maximum Gasteiger partial charge on any atom is 0.130 e. The van der Waals surface area contributed by atoms with Crippen molar-refractivity contribution in [3.63, 3.8) is 0 Å². The third kappa shape index (κ3) is 3.44. The van der Waals surface area contributed by atoms with Crippen LogP contribution in [-0.4, -0.2) is 32.7 Å². The van der Waals surface area contributed by atoms with Crippen LogP contribution in [0.2, 0.25) is 0 Å². The van der Waals surface area contributed by atoms with Gasteiger partial charge in [-0.05, 0) is 19.8 Å². The fourth-order valence-corrected chi connectivity index (χ4v) is 2.72. The number of anilines is 1. The number of hydrogen-bond donors (Lipinski definition) is 1. The van der Waals surface area contributed by atoms with Crippen LogP contribution in [0.5, 0.6) is 0 Å². The standard InChI is InChI=1S/C15H26N6/c1-6-13(16)7-14-11(2)18-21(5)15(14)19(3)9-12-8-17-20(4)10-12/h8,10,13H,6-7,9,16H2,1-5H3. The topological polar surface area (TPSA) is 64.9 Å². The van der Waals surface area contributed by atoms with Gasteiger partial charge < -0.3 is 10.6 Å². The number of nitrogens with two attached hydrogens (primary N) is 1. The van der Waals surface area contributed by atoms with Crippen molar-refractivity contribution in [1.82, 2.24) is 19.6 Å². The van der Waals surface area contributed by atoms with E-state index in [1.165, 1.54) is 11.1 Å². The van der Waals surface area contributed by atoms with E-state index in [1.807, 2.05) is 35.9 Å². The summed E-state index contributed by atoms with van der Waals surface area (Å²) in [7, 11) is 6.01. The lowest BCUT2D eigenvalue weighted by atomic mass is 10.0. The van der Waals surface area contributed by atoms with Gasteiger partial charge >= 0.3 is 0 Å². The number of nitrogens with zero attached hydrogens (tertiary/aromatic N) is 5. The molecule has 0 saturated carbocycles. The zero-order chi connectivity index (χ0) is 15.6. The summed E-state index contributed by atoms with van der Waals surface area (Å²) in [4.78, 5) is 2.22. The predicted octanol–water partition coefficient (Wildman–Crippen LogP) is 1.38. The van der Waals surface area contributed by atoms with Crippen LogP contribution in [0.15, 0.2) is 12.4 Å². The molecular formula is C15H26N6. The Morgan fingerprint density at radius 3 is 2.67 bits per heavy atom. The quantitative estimate of drug-likeness (QED) is 0.873. The minimum Gasteiger partial charge on any atom is -0.355 e. The molecule has 2 aromatic rings. The van der Waals surface area contributed by atoms with E-state index in [4.69, 9.17) is 5.73 Å². The van der Waals surface area contributed by atoms with Gasteiger partial charge in [0, 0.05) is 51.1 Å². The minimum absolute atomic E-state index is 0.179. The lowest BCUT2D eigenvalue weighted by molar-refractivity contribution is 0.642. The van der Waals surface area contributed by atoms with E-state index in [0.717, 1.165) is 30.9 Å². The van der Waals surface area contributed by atoms with Crippen molar-refractivity contribution in [2.45, 2.75) is 39.3 Å². The molecule has 2 N–H and O–H groups in total. The third-order valence-electron chi connectivity index (χ3n) is 3.84. The van der Waals surface area contributed by atoms with Crippen molar-refractivity contribution in [1.29, 1.82) is 0 Å². The second-order valence-corrected chi connectivity index (χ2v) is 5.76. The summed E-state index contributed by atoms with van der Waals surface area (Å²) < 4.78 is 3.77. The molecule has 0 fully saturated rings. The normalized spacial score (nSPS) is 12.7. The van der Waals surface area contributed by atoms with Gasteiger partial charge in [0.05, 0.1) is 11.9 Å². The van der Waals surface area contributed by atoms with Crippen molar-refractivity contribution < 1.29 is 0 Å². The average Bonchev–Trinajstić information content (AvgIpc) is 2.93. The fraction of sp³-hybridized carbons (Fsp3) is 0.600. The molecular weight excluding hydrogens is 264 g/mol. The molecule has 1 unspecified atom stereocenters. The number of aryl methyl sites for hydroxylation is 3. The Balaban J connectivity index is 2.25. The highest BCUT2D eigenvalue weighted by atomic mass is 15.4. The molecule has 6 heteroatoms. The van der Waals surface area contributed by atoms with E-state index < -0.39 is 0 Å². The Bertz CT molecular complexity index is 597. The van der Waals surface area contributed by atoms with Crippen molar-refractivity contribution in [3.05, 3.63) is 29.2 Å². The Kier molecular flexibility index (Phi) is 4.67. The second-order valence-electron chi connectivity index (χ2n) is 5.76. The molecule has 0 aliphatic rings. The van der Waals surface area contributed by atoms with E-state index >= 15 is 0 Å². The van der Waals surface area contributed by atoms with Crippen LogP contribution in [-0.2, 0) is 27.1 Å². The first-order valence-electron chi connectivity index (χ1n) is 7.39. The van der Waals surface area contributed by atoms with E-state index in [-0.39, 0.29) is 6.04 Å². The summed E-state index contributed by atoms with van der Waals surface area (Å²) in [5.41, 5.74) is 9.64. The Morgan fingerprint density at radius 1 is 1.38 bits per heavy atom. The van der Waals surface area contributed by atoms with Gasteiger partial charge in [0.25, 0.3) is 0 Å². The van der Waals surface area contributed by atoms with Crippen molar-refractivity contribution in [2.24, 2.45) is 19.8 Å². The highest BCUT2D eigenvalue weighted by Gasteiger charge is 2.19. The largest absolute Gasteiger partial charge is 0.355 e. The lowest BCUT2D eigenvalue weighted by Gasteiger charge is -2.21. The van der Waals surface area contributed by atoms with E-state index in [1.54, 1.807) is 0 Å². The van der Waals surface area contributed by atoms with E-state index in [9.17, 15) is 0 Å². The van der Waals surface area contributed by atoms with Crippen LogP contribution in [0.1, 0.15) is 30.2 Å². The maximum atomic E-state index is 6.14. The molecule has 0 aliphatic carbocycles. The van der Waals surface area contributed by atoms with Gasteiger partial charge in [0.15, 0.2) is 0 Å². The predicted molar refractivity (Wildman–Crippen MR) is 85.2 cm³/mol. The van der Waals surface area contributed by atoms with Crippen LogP contribution in [0.4, 0.5) is 5.82 Å². The van der Waals surface area contributed by atoms with Crippen LogP contribution in [0, 0.1) is 6.92 Å². The van der Waals surface area contributed by atoms with Crippen LogP contribution in [0.3, 0.4) is 0 Å². The zero-order valence-electron chi connectivity index (χ0n) is 13.7. The van der Waals surface area contributed by atoms with Gasteiger partial charge in [-0.3, -0.25) is 9.36 Å². The molecule has 1 atom stereocenters. The van der Waals surface area contributed by atoms with Crippen LogP contribution < -0.4 is 10.6 Å². The van der Waals surface area contributed by atoms with Crippen molar-refractivity contribution >= 4 is 5.82 Å². The molecule has 2 rings (SSSR count). The molecule has 0 saturated heterocycles. The fourth-order valence-electron chi connectivity index (χ4n) is 2.72. The summed E-state index contributed by atoms with van der Waals surface area (Å²) in [5.74, 6) is 1.14. The number of hydrogen-bond acceptors (Lipinski definition) is 4. The summed E-state index contributed by atoms with van der Waals surface area (Å²) >= 11 is 0. The lowest BCUT2D eigenvalue weighted by Crippen LogP contribution is -2.25. The second kappa shape index (κ2) is 6.30. The molecule has 6 nitrogen and oxygen atoms in total. The maximum absolute atomic E-state index is 6.14. The van der Waals surface area contributed by atoms with Gasteiger partial charge in [-0.2, -0.15) is 10.2 Å². The molecule has 0 amide bonds. The monoisotopic (exact) mass is 290 g/mol. The van der Waals surface area contributed by atoms with Crippen molar-refractivity contribution in [3.8, 4) is 0 Å². The molecule has 0 spiro atoms. The molecule has 2 heterocycles. The summed E-state index contributed by atoms with van der Waals surface area (Å²) in [5, 5.41) is 8.79. The number of rotatable bonds is 6. The molecule has 0 radical (unpaired) electrons. The van der Waals surface area contributed by atoms with Gasteiger partial charge in [-0.15, -0.1) is 0 Å². The smallest absolute Gasteiger partial charge is 0.130 e. The Morgan fingerprint density at radius 2 is 2.10 bits per heavy atom. The highest BCUT2D eigenvalue weighted by molar-refractivity contribution is 5.50. The van der Waals surface area contributed by atoms with E-state index in [0.29, 0.717) is 0 Å². The molecule has 2 aromatic heterocycles. The van der Waals surface area contributed by atoms with Gasteiger partial charge in [0.1, 0.15) is 5.82 Å². The first-order chi connectivity index (χ1) is 9.92. The third-order valence-corrected chi connectivity index (χ3v) is 3.84. The first-order valence-corrected chi connectivity index (χ1v) is 7.39. The zero-order valence-corrected chi connectivity index (χ0v) is 13.7. The van der Waals surface area contributed by atoms with Gasteiger partial charge in [-0.25, -0.2) is 0 Å². The molecule has 116 valence electrons. The van der Waals surface area contributed by atoms with E-state index in [2.05, 4.69) is 36.0 Å². The number of aromatic nitrogens is 4. The highest BCUT2D eigenvalue weighted by Crippen LogP contribution is 2.25. The first kappa shape index (κ1) is 15.6. The Hall–Kier alpha value is -1.82. The molecule has 0 aliphatic heterocycles. The SMILES string of the molecule is CCC(N)Cc1c(C)nn(C)c1N(C)Cc1cnn(C)c1. The molecule has 0 aromatic carbocycles. The molecule has 21 heavy (non-hydrogen) atoms. The minimum atomic E-state index is 0.179. The Labute approximate surface area is 126 Å².